The minimum absolute atomic E-state index is 0.202. The number of carbonyl (C=O) groups is 2. The van der Waals surface area contributed by atoms with Crippen molar-refractivity contribution in [3.63, 3.8) is 0 Å². The molecule has 1 fully saturated rings. The van der Waals surface area contributed by atoms with Crippen LogP contribution in [0.25, 0.3) is 0 Å². The van der Waals surface area contributed by atoms with E-state index in [0.717, 1.165) is 5.56 Å². The number of hydrogen-bond acceptors (Lipinski definition) is 2. The van der Waals surface area contributed by atoms with Crippen molar-refractivity contribution >= 4 is 29.1 Å². The van der Waals surface area contributed by atoms with Crippen LogP contribution in [0.2, 0.25) is 5.02 Å². The lowest BCUT2D eigenvalue weighted by Gasteiger charge is -2.24. The van der Waals surface area contributed by atoms with E-state index in [2.05, 4.69) is 10.6 Å². The molecule has 0 heterocycles. The smallest absolute Gasteiger partial charge is 0.240 e. The molecule has 0 aromatic heterocycles. The second kappa shape index (κ2) is 5.34. The first kappa shape index (κ1) is 15.8. The highest BCUT2D eigenvalue weighted by Gasteiger charge is 2.57. The van der Waals surface area contributed by atoms with Gasteiger partial charge < -0.3 is 10.6 Å². The lowest BCUT2D eigenvalue weighted by molar-refractivity contribution is -0.135. The van der Waals surface area contributed by atoms with E-state index in [-0.39, 0.29) is 17.4 Å². The number of anilines is 1. The van der Waals surface area contributed by atoms with Gasteiger partial charge in [-0.25, -0.2) is 0 Å². The first-order valence-corrected chi connectivity index (χ1v) is 7.43. The van der Waals surface area contributed by atoms with E-state index in [4.69, 9.17) is 11.6 Å². The van der Waals surface area contributed by atoms with Crippen LogP contribution < -0.4 is 10.6 Å². The van der Waals surface area contributed by atoms with Gasteiger partial charge in [0.25, 0.3) is 0 Å². The van der Waals surface area contributed by atoms with Crippen molar-refractivity contribution in [3.05, 3.63) is 28.8 Å². The fraction of sp³-hybridized carbons (Fsp3) is 0.500. The van der Waals surface area contributed by atoms with Crippen molar-refractivity contribution in [3.8, 4) is 0 Å². The van der Waals surface area contributed by atoms with Gasteiger partial charge in [0.1, 0.15) is 5.41 Å². The highest BCUT2D eigenvalue weighted by atomic mass is 35.5. The predicted molar refractivity (Wildman–Crippen MR) is 84.4 cm³/mol. The number of nitrogens with one attached hydrogen (secondary N) is 2. The first-order chi connectivity index (χ1) is 9.66. The van der Waals surface area contributed by atoms with Crippen molar-refractivity contribution in [1.29, 1.82) is 0 Å². The van der Waals surface area contributed by atoms with Crippen LogP contribution in [-0.4, -0.2) is 17.4 Å². The molecule has 0 spiro atoms. The van der Waals surface area contributed by atoms with E-state index in [9.17, 15) is 9.59 Å². The van der Waals surface area contributed by atoms with E-state index in [0.29, 0.717) is 23.6 Å². The monoisotopic (exact) mass is 308 g/mol. The van der Waals surface area contributed by atoms with Crippen molar-refractivity contribution in [2.75, 3.05) is 5.32 Å². The zero-order valence-corrected chi connectivity index (χ0v) is 13.6. The van der Waals surface area contributed by atoms with Crippen LogP contribution >= 0.6 is 11.6 Å². The summed E-state index contributed by atoms with van der Waals surface area (Å²) in [6.07, 6.45) is 1.17. The van der Waals surface area contributed by atoms with Gasteiger partial charge in [0.15, 0.2) is 0 Å². The van der Waals surface area contributed by atoms with Gasteiger partial charge in [0, 0.05) is 16.2 Å². The van der Waals surface area contributed by atoms with E-state index in [1.54, 1.807) is 18.2 Å². The maximum Gasteiger partial charge on any atom is 0.240 e. The second-order valence-electron chi connectivity index (χ2n) is 6.65. The molecule has 0 saturated heterocycles. The molecule has 1 saturated carbocycles. The Morgan fingerprint density at radius 1 is 1.19 bits per heavy atom. The van der Waals surface area contributed by atoms with E-state index in [1.165, 1.54) is 0 Å². The summed E-state index contributed by atoms with van der Waals surface area (Å²) in [6.45, 7) is 7.55. The molecule has 21 heavy (non-hydrogen) atoms. The fourth-order valence-corrected chi connectivity index (χ4v) is 2.30. The van der Waals surface area contributed by atoms with Crippen molar-refractivity contribution in [1.82, 2.24) is 5.32 Å². The molecule has 1 aromatic rings. The predicted octanol–water partition coefficient (Wildman–Crippen LogP) is 3.28. The Hall–Kier alpha value is -1.55. The number of carbonyl (C=O) groups excluding carboxylic acids is 2. The van der Waals surface area contributed by atoms with Crippen LogP contribution in [0.1, 0.15) is 39.2 Å². The molecule has 0 unspecified atom stereocenters. The molecule has 0 atom stereocenters. The van der Waals surface area contributed by atoms with Gasteiger partial charge in [-0.05, 0) is 58.2 Å². The molecule has 2 N–H and O–H groups in total. The highest BCUT2D eigenvalue weighted by molar-refractivity contribution is 6.31. The molecule has 1 aliphatic rings. The zero-order valence-electron chi connectivity index (χ0n) is 12.8. The maximum atomic E-state index is 12.5. The average molecular weight is 309 g/mol. The number of halogens is 1. The van der Waals surface area contributed by atoms with Crippen LogP contribution in [0, 0.1) is 12.3 Å². The summed E-state index contributed by atoms with van der Waals surface area (Å²) >= 11 is 6.05. The van der Waals surface area contributed by atoms with Crippen LogP contribution in [0.3, 0.4) is 0 Å². The molecule has 2 rings (SSSR count). The molecule has 1 aliphatic carbocycles. The Morgan fingerprint density at radius 2 is 1.81 bits per heavy atom. The lowest BCUT2D eigenvalue weighted by atomic mass is 10.0. The van der Waals surface area contributed by atoms with Gasteiger partial charge in [-0.2, -0.15) is 0 Å². The Labute approximate surface area is 130 Å². The molecular weight excluding hydrogens is 288 g/mol. The maximum absolute atomic E-state index is 12.5. The van der Waals surface area contributed by atoms with Crippen molar-refractivity contribution < 1.29 is 9.59 Å². The summed E-state index contributed by atoms with van der Waals surface area (Å²) in [5, 5.41) is 6.32. The third-order valence-corrected chi connectivity index (χ3v) is 4.03. The summed E-state index contributed by atoms with van der Waals surface area (Å²) in [6, 6.07) is 5.34. The van der Waals surface area contributed by atoms with Gasteiger partial charge in [0.05, 0.1) is 0 Å². The largest absolute Gasteiger partial charge is 0.351 e. The normalized spacial score (nSPS) is 16.2. The van der Waals surface area contributed by atoms with E-state index >= 15 is 0 Å². The first-order valence-electron chi connectivity index (χ1n) is 7.05. The van der Waals surface area contributed by atoms with Gasteiger partial charge in [-0.1, -0.05) is 17.7 Å². The van der Waals surface area contributed by atoms with Crippen LogP contribution in [0.4, 0.5) is 5.69 Å². The Bertz CT molecular complexity index is 586. The topological polar surface area (TPSA) is 58.2 Å². The van der Waals surface area contributed by atoms with Gasteiger partial charge >= 0.3 is 0 Å². The Morgan fingerprint density at radius 3 is 2.33 bits per heavy atom. The minimum Gasteiger partial charge on any atom is -0.351 e. The summed E-state index contributed by atoms with van der Waals surface area (Å²) in [5.74, 6) is -0.457. The van der Waals surface area contributed by atoms with Gasteiger partial charge in [-0.15, -0.1) is 0 Å². The number of rotatable bonds is 3. The summed E-state index contributed by atoms with van der Waals surface area (Å²) < 4.78 is 0. The molecule has 0 bridgehead atoms. The molecule has 114 valence electrons. The Balaban J connectivity index is 2.13. The molecule has 0 aliphatic heterocycles. The Kier molecular flexibility index (Phi) is 4.02. The standard InChI is InChI=1S/C16H21ClN2O2/c1-10-11(17)6-5-7-12(10)18-13(20)16(8-9-16)14(21)19-15(2,3)4/h5-7H,8-9H2,1-4H3,(H,18,20)(H,19,21). The lowest BCUT2D eigenvalue weighted by Crippen LogP contribution is -2.48. The van der Waals surface area contributed by atoms with Crippen LogP contribution in [0.5, 0.6) is 0 Å². The molecule has 1 aromatic carbocycles. The second-order valence-corrected chi connectivity index (χ2v) is 7.06. The molecule has 0 radical (unpaired) electrons. The summed E-state index contributed by atoms with van der Waals surface area (Å²) in [5.41, 5.74) is 0.183. The minimum atomic E-state index is -0.929. The van der Waals surface area contributed by atoms with Crippen molar-refractivity contribution in [2.45, 2.75) is 46.1 Å². The summed E-state index contributed by atoms with van der Waals surface area (Å²) in [4.78, 5) is 24.8. The average Bonchev–Trinajstić information content (AvgIpc) is 3.14. The van der Waals surface area contributed by atoms with E-state index < -0.39 is 5.41 Å². The number of amides is 2. The quantitative estimate of drug-likeness (QED) is 0.842. The summed E-state index contributed by atoms with van der Waals surface area (Å²) in [7, 11) is 0. The molecular formula is C16H21ClN2O2. The van der Waals surface area contributed by atoms with E-state index in [1.807, 2.05) is 27.7 Å². The number of hydrogen-bond donors (Lipinski definition) is 2. The fourth-order valence-electron chi connectivity index (χ4n) is 2.13. The molecule has 4 nitrogen and oxygen atoms in total. The molecule has 2 amide bonds. The van der Waals surface area contributed by atoms with Gasteiger partial charge in [-0.3, -0.25) is 9.59 Å². The van der Waals surface area contributed by atoms with Crippen molar-refractivity contribution in [2.24, 2.45) is 5.41 Å². The zero-order chi connectivity index (χ0) is 15.8. The SMILES string of the molecule is Cc1c(Cl)cccc1NC(=O)C1(C(=O)NC(C)(C)C)CC1. The highest BCUT2D eigenvalue weighted by Crippen LogP contribution is 2.47. The van der Waals surface area contributed by atoms with Crippen LogP contribution in [-0.2, 0) is 9.59 Å². The third-order valence-electron chi connectivity index (χ3n) is 3.62. The molecule has 5 heteroatoms. The number of benzene rings is 1. The van der Waals surface area contributed by atoms with Gasteiger partial charge in [0.2, 0.25) is 11.8 Å². The van der Waals surface area contributed by atoms with Crippen LogP contribution in [0.15, 0.2) is 18.2 Å². The third kappa shape index (κ3) is 3.38.